The summed E-state index contributed by atoms with van der Waals surface area (Å²) in [6.45, 7) is 2.34. The molecule has 6 nitrogen and oxygen atoms in total. The molecule has 0 bridgehead atoms. The van der Waals surface area contributed by atoms with Crippen LogP contribution < -0.4 is 4.74 Å². The average molecular weight is 521 g/mol. The van der Waals surface area contributed by atoms with Crippen LogP contribution in [0.5, 0.6) is 5.75 Å². The van der Waals surface area contributed by atoms with E-state index < -0.39 is 17.7 Å². The van der Waals surface area contributed by atoms with Gasteiger partial charge in [0.25, 0.3) is 11.7 Å². The van der Waals surface area contributed by atoms with E-state index >= 15 is 0 Å². The van der Waals surface area contributed by atoms with Gasteiger partial charge in [0.1, 0.15) is 18.1 Å². The number of aryl methyl sites for hydroxylation is 1. The standard InChI is InChI=1S/C33H32N2O4/c1-21-18-23(16-17-28(21)39-20-22-10-4-2-5-11-22)31(36)29-30(26-19-34-27-15-9-8-14-25(26)27)35(33(38)32(29)37)24-12-6-3-7-13-24/h2,4-5,8-11,14-19,24,30,34,36H,3,6-7,12-13,20H2,1H3/b31-29+. The largest absolute Gasteiger partial charge is 0.507 e. The molecule has 1 aliphatic heterocycles. The molecule has 39 heavy (non-hydrogen) atoms. The molecule has 1 saturated heterocycles. The molecule has 198 valence electrons. The monoisotopic (exact) mass is 520 g/mol. The number of amides is 1. The highest BCUT2D eigenvalue weighted by Gasteiger charge is 2.49. The number of aromatic amines is 1. The van der Waals surface area contributed by atoms with Gasteiger partial charge in [-0.15, -0.1) is 0 Å². The summed E-state index contributed by atoms with van der Waals surface area (Å²) in [5, 5.41) is 12.6. The summed E-state index contributed by atoms with van der Waals surface area (Å²) in [6, 6.07) is 22.5. The summed E-state index contributed by atoms with van der Waals surface area (Å²) in [5.74, 6) is -0.612. The van der Waals surface area contributed by atoms with Gasteiger partial charge >= 0.3 is 0 Å². The number of rotatable bonds is 6. The molecule has 2 N–H and O–H groups in total. The number of ketones is 1. The minimum atomic E-state index is -0.654. The van der Waals surface area contributed by atoms with Crippen LogP contribution in [0.15, 0.2) is 84.6 Å². The van der Waals surface area contributed by atoms with Crippen molar-refractivity contribution in [3.8, 4) is 5.75 Å². The van der Waals surface area contributed by atoms with E-state index in [4.69, 9.17) is 4.74 Å². The molecular weight excluding hydrogens is 488 g/mol. The first kappa shape index (κ1) is 25.0. The number of aliphatic hydroxyl groups excluding tert-OH is 1. The topological polar surface area (TPSA) is 82.6 Å². The maximum atomic E-state index is 13.6. The van der Waals surface area contributed by atoms with Gasteiger partial charge in [-0.05, 0) is 55.2 Å². The van der Waals surface area contributed by atoms with Crippen LogP contribution in [0.1, 0.15) is 60.4 Å². The van der Waals surface area contributed by atoms with Gasteiger partial charge in [0, 0.05) is 34.3 Å². The predicted octanol–water partition coefficient (Wildman–Crippen LogP) is 6.81. The lowest BCUT2D eigenvalue weighted by atomic mass is 9.90. The Morgan fingerprint density at radius 1 is 0.974 bits per heavy atom. The van der Waals surface area contributed by atoms with E-state index in [0.717, 1.165) is 59.7 Å². The molecule has 1 amide bonds. The van der Waals surface area contributed by atoms with Gasteiger partial charge in [-0.1, -0.05) is 67.8 Å². The number of para-hydroxylation sites is 1. The van der Waals surface area contributed by atoms with Crippen LogP contribution >= 0.6 is 0 Å². The van der Waals surface area contributed by atoms with Crippen molar-refractivity contribution < 1.29 is 19.4 Å². The van der Waals surface area contributed by atoms with E-state index in [1.54, 1.807) is 11.0 Å². The maximum Gasteiger partial charge on any atom is 0.295 e. The second-order valence-corrected chi connectivity index (χ2v) is 10.5. The summed E-state index contributed by atoms with van der Waals surface area (Å²) in [7, 11) is 0. The zero-order valence-electron chi connectivity index (χ0n) is 22.0. The number of carbonyl (C=O) groups excluding carboxylic acids is 2. The van der Waals surface area contributed by atoms with Crippen LogP contribution in [0, 0.1) is 6.92 Å². The fourth-order valence-corrected chi connectivity index (χ4v) is 6.06. The SMILES string of the molecule is Cc1cc(/C(O)=C2\C(=O)C(=O)N(C3CCCCC3)C2c2c[nH]c3ccccc23)ccc1OCc1ccccc1. The number of fused-ring (bicyclic) bond motifs is 1. The third-order valence-corrected chi connectivity index (χ3v) is 8.05. The van der Waals surface area contributed by atoms with Crippen molar-refractivity contribution in [3.63, 3.8) is 0 Å². The summed E-state index contributed by atoms with van der Waals surface area (Å²) >= 11 is 0. The highest BCUT2D eigenvalue weighted by Crippen LogP contribution is 2.45. The Kier molecular flexibility index (Phi) is 6.69. The number of aliphatic hydroxyl groups is 1. The van der Waals surface area contributed by atoms with Crippen LogP contribution in [0.4, 0.5) is 0 Å². The number of likely N-dealkylation sites (tertiary alicyclic amines) is 1. The van der Waals surface area contributed by atoms with Gasteiger partial charge in [-0.3, -0.25) is 9.59 Å². The van der Waals surface area contributed by atoms with E-state index in [0.29, 0.717) is 17.9 Å². The van der Waals surface area contributed by atoms with Crippen molar-refractivity contribution >= 4 is 28.4 Å². The molecule has 6 heteroatoms. The van der Waals surface area contributed by atoms with Crippen LogP contribution in [-0.2, 0) is 16.2 Å². The number of carbonyl (C=O) groups is 2. The van der Waals surface area contributed by atoms with Crippen molar-refractivity contribution in [1.82, 2.24) is 9.88 Å². The van der Waals surface area contributed by atoms with Gasteiger partial charge in [-0.25, -0.2) is 0 Å². The van der Waals surface area contributed by atoms with Crippen molar-refractivity contribution in [2.45, 2.75) is 57.7 Å². The number of aromatic nitrogens is 1. The Labute approximate surface area is 227 Å². The molecule has 0 radical (unpaired) electrons. The minimum Gasteiger partial charge on any atom is -0.507 e. The minimum absolute atomic E-state index is 0.0327. The van der Waals surface area contributed by atoms with Gasteiger partial charge in [-0.2, -0.15) is 0 Å². The number of benzene rings is 3. The zero-order valence-corrected chi connectivity index (χ0v) is 22.0. The molecule has 3 aromatic carbocycles. The number of nitrogens with zero attached hydrogens (tertiary/aromatic N) is 1. The van der Waals surface area contributed by atoms with Gasteiger partial charge in [0.05, 0.1) is 11.6 Å². The number of nitrogens with one attached hydrogen (secondary N) is 1. The van der Waals surface area contributed by atoms with E-state index in [1.807, 2.05) is 79.9 Å². The van der Waals surface area contributed by atoms with Crippen LogP contribution in [-0.4, -0.2) is 32.7 Å². The fourth-order valence-electron chi connectivity index (χ4n) is 6.06. The van der Waals surface area contributed by atoms with E-state index in [2.05, 4.69) is 4.98 Å². The Balaban J connectivity index is 1.41. The number of hydrogen-bond donors (Lipinski definition) is 2. The Hall–Kier alpha value is -4.32. The lowest BCUT2D eigenvalue weighted by Gasteiger charge is -2.35. The lowest BCUT2D eigenvalue weighted by Crippen LogP contribution is -2.40. The highest BCUT2D eigenvalue weighted by atomic mass is 16.5. The summed E-state index contributed by atoms with van der Waals surface area (Å²) in [6.07, 6.45) is 6.78. The first-order valence-corrected chi connectivity index (χ1v) is 13.7. The molecule has 2 fully saturated rings. The van der Waals surface area contributed by atoms with Gasteiger partial charge in [0.2, 0.25) is 0 Å². The average Bonchev–Trinajstić information content (AvgIpc) is 3.51. The number of H-pyrrole nitrogens is 1. The molecule has 1 aliphatic carbocycles. The predicted molar refractivity (Wildman–Crippen MR) is 151 cm³/mol. The molecule has 4 aromatic rings. The molecule has 1 unspecified atom stereocenters. The zero-order chi connectivity index (χ0) is 26.9. The Morgan fingerprint density at radius 3 is 2.49 bits per heavy atom. The second-order valence-electron chi connectivity index (χ2n) is 10.5. The maximum absolute atomic E-state index is 13.6. The highest BCUT2D eigenvalue weighted by molar-refractivity contribution is 6.46. The molecule has 2 aliphatic rings. The third kappa shape index (κ3) is 4.60. The van der Waals surface area contributed by atoms with E-state index in [-0.39, 0.29) is 17.4 Å². The third-order valence-electron chi connectivity index (χ3n) is 8.05. The quantitative estimate of drug-likeness (QED) is 0.166. The van der Waals surface area contributed by atoms with Gasteiger partial charge in [0.15, 0.2) is 0 Å². The molecule has 2 heterocycles. The van der Waals surface area contributed by atoms with Crippen molar-refractivity contribution in [3.05, 3.63) is 107 Å². The van der Waals surface area contributed by atoms with Crippen molar-refractivity contribution in [2.75, 3.05) is 0 Å². The number of ether oxygens (including phenoxy) is 1. The van der Waals surface area contributed by atoms with Crippen LogP contribution in [0.3, 0.4) is 0 Å². The normalized spacial score (nSPS) is 19.6. The summed E-state index contributed by atoms with van der Waals surface area (Å²) < 4.78 is 6.01. The number of Topliss-reactive ketones (excluding diaryl/α,β-unsaturated/α-hetero) is 1. The van der Waals surface area contributed by atoms with Crippen LogP contribution in [0.2, 0.25) is 0 Å². The molecule has 0 spiro atoms. The molecule has 1 atom stereocenters. The summed E-state index contributed by atoms with van der Waals surface area (Å²) in [4.78, 5) is 32.2. The first-order valence-electron chi connectivity index (χ1n) is 13.7. The second kappa shape index (κ2) is 10.4. The smallest absolute Gasteiger partial charge is 0.295 e. The molecule has 1 aromatic heterocycles. The van der Waals surface area contributed by atoms with Crippen molar-refractivity contribution in [1.29, 1.82) is 0 Å². The molecular formula is C33H32N2O4. The first-order chi connectivity index (χ1) is 19.0. The lowest BCUT2D eigenvalue weighted by molar-refractivity contribution is -0.141. The fraction of sp³-hybridized carbons (Fsp3) is 0.273. The Bertz CT molecular complexity index is 1560. The van der Waals surface area contributed by atoms with Gasteiger partial charge < -0.3 is 19.7 Å². The van der Waals surface area contributed by atoms with Crippen molar-refractivity contribution in [2.24, 2.45) is 0 Å². The molecule has 1 saturated carbocycles. The summed E-state index contributed by atoms with van der Waals surface area (Å²) in [5.41, 5.74) is 4.29. The van der Waals surface area contributed by atoms with E-state index in [1.165, 1.54) is 0 Å². The molecule has 6 rings (SSSR count). The van der Waals surface area contributed by atoms with E-state index in [9.17, 15) is 14.7 Å². The Morgan fingerprint density at radius 2 is 1.72 bits per heavy atom. The van der Waals surface area contributed by atoms with Crippen LogP contribution in [0.25, 0.3) is 16.7 Å². The number of hydrogen-bond acceptors (Lipinski definition) is 4.